The minimum Gasteiger partial charge on any atom is -0.352 e. The minimum absolute atomic E-state index is 0.286. The van der Waals surface area contributed by atoms with E-state index in [0.717, 1.165) is 19.5 Å². The monoisotopic (exact) mass is 95.1 g/mol. The molecule has 1 heterocycles. The highest BCUT2D eigenvalue weighted by molar-refractivity contribution is 6.57. The Morgan fingerprint density at radius 3 is 2.14 bits per heavy atom. The molecule has 1 fully saturated rings. The van der Waals surface area contributed by atoms with Crippen molar-refractivity contribution < 1.29 is 4.79 Å². The van der Waals surface area contributed by atoms with Gasteiger partial charge in [0, 0.05) is 13.1 Å². The first-order chi connectivity index (χ1) is 3.30. The van der Waals surface area contributed by atoms with Crippen molar-refractivity contribution in [3.8, 4) is 0 Å². The summed E-state index contributed by atoms with van der Waals surface area (Å²) in [6.45, 7) is 1.71. The first kappa shape index (κ1) is 4.69. The third-order valence-corrected chi connectivity index (χ3v) is 1.17. The molecule has 0 unspecified atom stereocenters. The second-order valence-electron chi connectivity index (χ2n) is 1.68. The lowest BCUT2D eigenvalue weighted by molar-refractivity contribution is 0.191. The number of amides is 1. The van der Waals surface area contributed by atoms with Crippen molar-refractivity contribution in [2.24, 2.45) is 0 Å². The first-order valence-electron chi connectivity index (χ1n) is 2.35. The number of hydrogen-bond acceptors (Lipinski definition) is 1. The fourth-order valence-corrected chi connectivity index (χ4v) is 0.537. The molecule has 2 radical (unpaired) electrons. The second kappa shape index (κ2) is 1.56. The average Bonchev–Trinajstić information content (AvgIpc) is 1.23. The Balaban J connectivity index is 2.27. The molecule has 0 N–H and O–H groups in total. The van der Waals surface area contributed by atoms with Gasteiger partial charge in [-0.3, -0.25) is 4.79 Å². The van der Waals surface area contributed by atoms with Crippen LogP contribution < -0.4 is 0 Å². The largest absolute Gasteiger partial charge is 0.352 e. The van der Waals surface area contributed by atoms with E-state index in [9.17, 15) is 4.79 Å². The molecule has 0 aromatic carbocycles. The number of likely N-dealkylation sites (tertiary alicyclic amines) is 1. The molecule has 0 atom stereocenters. The molecule has 1 rings (SSSR count). The van der Waals surface area contributed by atoms with Crippen molar-refractivity contribution in [3.05, 3.63) is 0 Å². The molecule has 0 saturated carbocycles. The van der Waals surface area contributed by atoms with Gasteiger partial charge in [0.1, 0.15) is 0 Å². The van der Waals surface area contributed by atoms with Crippen LogP contribution in [0.5, 0.6) is 0 Å². The highest BCUT2D eigenvalue weighted by Crippen LogP contribution is 2.03. The maximum absolute atomic E-state index is 10.1. The van der Waals surface area contributed by atoms with Crippen molar-refractivity contribution in [1.29, 1.82) is 0 Å². The van der Waals surface area contributed by atoms with Crippen LogP contribution >= 0.6 is 0 Å². The number of nitrogens with zero attached hydrogens (tertiary/aromatic N) is 1. The summed E-state index contributed by atoms with van der Waals surface area (Å²) in [6.07, 6.45) is 1.11. The Morgan fingerprint density at radius 1 is 1.57 bits per heavy atom. The van der Waals surface area contributed by atoms with E-state index >= 15 is 0 Å². The number of carbonyl (C=O) groups is 1. The molecule has 1 aliphatic rings. The van der Waals surface area contributed by atoms with Gasteiger partial charge in [0.25, 0.3) is 0 Å². The maximum Gasteiger partial charge on any atom is 0.200 e. The highest BCUT2D eigenvalue weighted by atomic mass is 16.1. The van der Waals surface area contributed by atoms with Gasteiger partial charge < -0.3 is 4.90 Å². The quantitative estimate of drug-likeness (QED) is 0.387. The molecule has 7 heavy (non-hydrogen) atoms. The van der Waals surface area contributed by atoms with Crippen LogP contribution in [0.15, 0.2) is 0 Å². The molecule has 0 bridgehead atoms. The van der Waals surface area contributed by atoms with Gasteiger partial charge in [-0.15, -0.1) is 0 Å². The Hall–Kier alpha value is -0.465. The van der Waals surface area contributed by atoms with E-state index in [4.69, 9.17) is 7.85 Å². The Kier molecular flexibility index (Phi) is 1.05. The lowest BCUT2D eigenvalue weighted by Gasteiger charge is -2.29. The summed E-state index contributed by atoms with van der Waals surface area (Å²) in [5.74, 6) is -0.286. The number of rotatable bonds is 0. The zero-order valence-electron chi connectivity index (χ0n) is 4.05. The van der Waals surface area contributed by atoms with Crippen molar-refractivity contribution in [2.45, 2.75) is 6.42 Å². The van der Waals surface area contributed by atoms with E-state index in [1.54, 1.807) is 4.90 Å². The van der Waals surface area contributed by atoms with Crippen molar-refractivity contribution in [1.82, 2.24) is 4.90 Å². The normalized spacial score (nSPS) is 18.6. The molecule has 1 amide bonds. The molecule has 0 aromatic heterocycles. The van der Waals surface area contributed by atoms with Gasteiger partial charge in [-0.05, 0) is 6.42 Å². The molecule has 2 nitrogen and oxygen atoms in total. The van der Waals surface area contributed by atoms with Crippen LogP contribution in [0.2, 0.25) is 0 Å². The number of carbonyl (C=O) groups excluding carboxylic acids is 1. The summed E-state index contributed by atoms with van der Waals surface area (Å²) in [5.41, 5.74) is 0. The van der Waals surface area contributed by atoms with Crippen molar-refractivity contribution in [2.75, 3.05) is 13.1 Å². The van der Waals surface area contributed by atoms with E-state index in [1.807, 2.05) is 0 Å². The van der Waals surface area contributed by atoms with Crippen LogP contribution in [0.1, 0.15) is 6.42 Å². The van der Waals surface area contributed by atoms with Crippen LogP contribution in [0.3, 0.4) is 0 Å². The average molecular weight is 94.9 g/mol. The van der Waals surface area contributed by atoms with Crippen molar-refractivity contribution in [3.63, 3.8) is 0 Å². The molecular weight excluding hydrogens is 88.9 g/mol. The Labute approximate surface area is 43.9 Å². The zero-order valence-corrected chi connectivity index (χ0v) is 4.05. The molecule has 0 aromatic rings. The smallest absolute Gasteiger partial charge is 0.200 e. The van der Waals surface area contributed by atoms with Gasteiger partial charge in [-0.1, -0.05) is 0 Å². The number of hydrogen-bond donors (Lipinski definition) is 0. The summed E-state index contributed by atoms with van der Waals surface area (Å²) in [6, 6.07) is 0. The van der Waals surface area contributed by atoms with E-state index in [1.165, 1.54) is 0 Å². The van der Waals surface area contributed by atoms with Gasteiger partial charge >= 0.3 is 0 Å². The lowest BCUT2D eigenvalue weighted by Crippen LogP contribution is -2.41. The standard InChI is InChI=1S/C4H6BNO/c5-4(7)6-2-1-3-6/h1-3H2. The molecule has 0 aliphatic carbocycles. The Morgan fingerprint density at radius 2 is 2.14 bits per heavy atom. The second-order valence-corrected chi connectivity index (χ2v) is 1.68. The fraction of sp³-hybridized carbons (Fsp3) is 0.750. The van der Waals surface area contributed by atoms with E-state index in [2.05, 4.69) is 0 Å². The van der Waals surface area contributed by atoms with Crippen LogP contribution in [-0.2, 0) is 0 Å². The third kappa shape index (κ3) is 0.761. The van der Waals surface area contributed by atoms with Gasteiger partial charge in [0.15, 0.2) is 5.81 Å². The zero-order chi connectivity index (χ0) is 5.28. The van der Waals surface area contributed by atoms with Crippen LogP contribution in [0.4, 0.5) is 4.79 Å². The Bertz CT molecular complexity index is 89.7. The molecule has 3 heteroatoms. The topological polar surface area (TPSA) is 20.3 Å². The SMILES string of the molecule is [B]C(=O)N1CCC1. The van der Waals surface area contributed by atoms with Gasteiger partial charge in [-0.2, -0.15) is 0 Å². The predicted octanol–water partition coefficient (Wildman–Crippen LogP) is -0.0194. The maximum atomic E-state index is 10.1. The lowest BCUT2D eigenvalue weighted by atomic mass is 10.1. The molecular formula is C4H6BNO. The predicted molar refractivity (Wildman–Crippen MR) is 27.3 cm³/mol. The van der Waals surface area contributed by atoms with Gasteiger partial charge in [0.2, 0.25) is 7.85 Å². The molecule has 1 saturated heterocycles. The first-order valence-corrected chi connectivity index (χ1v) is 2.35. The minimum atomic E-state index is -0.286. The van der Waals surface area contributed by atoms with Crippen molar-refractivity contribution >= 4 is 13.7 Å². The highest BCUT2D eigenvalue weighted by Gasteiger charge is 2.14. The summed E-state index contributed by atoms with van der Waals surface area (Å²) in [5, 5.41) is 0. The molecule has 0 spiro atoms. The van der Waals surface area contributed by atoms with Gasteiger partial charge in [0.05, 0.1) is 0 Å². The summed E-state index contributed by atoms with van der Waals surface area (Å²) in [7, 11) is 4.88. The third-order valence-electron chi connectivity index (χ3n) is 1.17. The van der Waals surface area contributed by atoms with Gasteiger partial charge in [-0.25, -0.2) is 0 Å². The molecule has 36 valence electrons. The van der Waals surface area contributed by atoms with Crippen LogP contribution in [0, 0.1) is 0 Å². The van der Waals surface area contributed by atoms with E-state index in [-0.39, 0.29) is 5.81 Å². The fourth-order valence-electron chi connectivity index (χ4n) is 0.537. The van der Waals surface area contributed by atoms with Crippen LogP contribution in [0.25, 0.3) is 0 Å². The molecule has 1 aliphatic heterocycles. The summed E-state index contributed by atoms with van der Waals surface area (Å²) < 4.78 is 0. The van der Waals surface area contributed by atoms with E-state index < -0.39 is 0 Å². The van der Waals surface area contributed by atoms with E-state index in [0.29, 0.717) is 0 Å². The summed E-state index contributed by atoms with van der Waals surface area (Å²) in [4.78, 5) is 11.7. The summed E-state index contributed by atoms with van der Waals surface area (Å²) >= 11 is 0. The van der Waals surface area contributed by atoms with Crippen LogP contribution in [-0.4, -0.2) is 31.6 Å².